The molecule has 5 heteroatoms. The fraction of sp³-hybridized carbons (Fsp3) is 0.438. The summed E-state index contributed by atoms with van der Waals surface area (Å²) in [6.45, 7) is 5.08. The van der Waals surface area contributed by atoms with Crippen molar-refractivity contribution in [1.82, 2.24) is 19.9 Å². The Morgan fingerprint density at radius 3 is 2.76 bits per heavy atom. The molecule has 0 aromatic carbocycles. The van der Waals surface area contributed by atoms with E-state index in [0.717, 1.165) is 31.3 Å². The minimum Gasteiger partial charge on any atom is -0.338 e. The summed E-state index contributed by atoms with van der Waals surface area (Å²) in [6.07, 6.45) is 6.95. The van der Waals surface area contributed by atoms with Crippen molar-refractivity contribution < 1.29 is 0 Å². The Hall–Kier alpha value is -2.01. The monoisotopic (exact) mass is 281 g/mol. The third-order valence-corrected chi connectivity index (χ3v) is 4.50. The highest BCUT2D eigenvalue weighted by molar-refractivity contribution is 5.34. The number of aromatic nitrogens is 3. The van der Waals surface area contributed by atoms with Gasteiger partial charge in [0.1, 0.15) is 0 Å². The molecule has 0 amide bonds. The highest BCUT2D eigenvalue weighted by Gasteiger charge is 2.44. The summed E-state index contributed by atoms with van der Waals surface area (Å²) in [6, 6.07) is 7.35. The molecule has 2 bridgehead atoms. The minimum absolute atomic E-state index is 0.619. The second kappa shape index (κ2) is 5.07. The number of hydrogen-bond acceptors (Lipinski definition) is 5. The maximum Gasteiger partial charge on any atom is 0.225 e. The number of nitrogens with zero attached hydrogens (tertiary/aromatic N) is 5. The van der Waals surface area contributed by atoms with Crippen molar-refractivity contribution in [3.8, 4) is 0 Å². The molecule has 3 aliphatic heterocycles. The van der Waals surface area contributed by atoms with Crippen LogP contribution in [0.15, 0.2) is 36.8 Å². The maximum atomic E-state index is 4.55. The highest BCUT2D eigenvalue weighted by atomic mass is 15.4. The molecule has 3 saturated heterocycles. The highest BCUT2D eigenvalue weighted by Crippen LogP contribution is 2.34. The van der Waals surface area contributed by atoms with Gasteiger partial charge in [-0.1, -0.05) is 6.07 Å². The van der Waals surface area contributed by atoms with Crippen LogP contribution in [0.2, 0.25) is 0 Å². The lowest BCUT2D eigenvalue weighted by Gasteiger charge is -2.56. The van der Waals surface area contributed by atoms with Crippen LogP contribution in [0.5, 0.6) is 0 Å². The molecule has 3 aliphatic rings. The standard InChI is InChI=1S/C16H19N5/c1-12-4-6-18-16(19-12)20-10-14-7-15(11-20)21(14)9-13-3-2-5-17-8-13/h2-6,8,14-15H,7,9-11H2,1H3. The van der Waals surface area contributed by atoms with Crippen LogP contribution in [0.3, 0.4) is 0 Å². The number of anilines is 1. The van der Waals surface area contributed by atoms with Gasteiger partial charge in [-0.2, -0.15) is 0 Å². The van der Waals surface area contributed by atoms with Gasteiger partial charge in [0.2, 0.25) is 5.95 Å². The first-order valence-electron chi connectivity index (χ1n) is 7.49. The molecule has 21 heavy (non-hydrogen) atoms. The fourth-order valence-corrected chi connectivity index (χ4v) is 3.40. The molecule has 2 aromatic rings. The van der Waals surface area contributed by atoms with Crippen LogP contribution >= 0.6 is 0 Å². The van der Waals surface area contributed by atoms with Gasteiger partial charge < -0.3 is 4.90 Å². The topological polar surface area (TPSA) is 45.2 Å². The number of piperidine rings is 1. The van der Waals surface area contributed by atoms with E-state index in [1.165, 1.54) is 12.0 Å². The van der Waals surface area contributed by atoms with Crippen molar-refractivity contribution in [2.75, 3.05) is 18.0 Å². The molecule has 2 unspecified atom stereocenters. The van der Waals surface area contributed by atoms with E-state index < -0.39 is 0 Å². The smallest absolute Gasteiger partial charge is 0.225 e. The summed E-state index contributed by atoms with van der Waals surface area (Å²) < 4.78 is 0. The van der Waals surface area contributed by atoms with Gasteiger partial charge in [-0.15, -0.1) is 0 Å². The number of aryl methyl sites for hydroxylation is 1. The van der Waals surface area contributed by atoms with Gasteiger partial charge in [0.05, 0.1) is 0 Å². The SMILES string of the molecule is Cc1ccnc(N2CC3CC(C2)N3Cc2cccnc2)n1. The Kier molecular flexibility index (Phi) is 3.07. The zero-order chi connectivity index (χ0) is 14.2. The quantitative estimate of drug-likeness (QED) is 0.856. The average molecular weight is 281 g/mol. The number of fused-ring (bicyclic) bond motifs is 2. The molecular weight excluding hydrogens is 262 g/mol. The third-order valence-electron chi connectivity index (χ3n) is 4.50. The summed E-state index contributed by atoms with van der Waals surface area (Å²) in [4.78, 5) is 18.1. The van der Waals surface area contributed by atoms with Crippen LogP contribution in [0.4, 0.5) is 5.95 Å². The van der Waals surface area contributed by atoms with Crippen LogP contribution in [0.25, 0.3) is 0 Å². The van der Waals surface area contributed by atoms with Crippen molar-refractivity contribution in [3.05, 3.63) is 48.0 Å². The van der Waals surface area contributed by atoms with E-state index in [1.54, 1.807) is 0 Å². The first kappa shape index (κ1) is 12.7. The van der Waals surface area contributed by atoms with E-state index in [2.05, 4.69) is 30.8 Å². The molecule has 0 radical (unpaired) electrons. The zero-order valence-electron chi connectivity index (χ0n) is 12.2. The van der Waals surface area contributed by atoms with E-state index in [-0.39, 0.29) is 0 Å². The van der Waals surface area contributed by atoms with Crippen molar-refractivity contribution >= 4 is 5.95 Å². The molecule has 5 nitrogen and oxygen atoms in total. The van der Waals surface area contributed by atoms with Gasteiger partial charge in [-0.3, -0.25) is 9.88 Å². The number of rotatable bonds is 3. The Balaban J connectivity index is 1.44. The number of hydrogen-bond donors (Lipinski definition) is 0. The van der Waals surface area contributed by atoms with Gasteiger partial charge in [0.15, 0.2) is 0 Å². The minimum atomic E-state index is 0.619. The molecule has 3 fully saturated rings. The van der Waals surface area contributed by atoms with Crippen molar-refractivity contribution in [2.24, 2.45) is 0 Å². The molecule has 2 atom stereocenters. The summed E-state index contributed by atoms with van der Waals surface area (Å²) in [5.74, 6) is 0.880. The molecular formula is C16H19N5. The van der Waals surface area contributed by atoms with Crippen molar-refractivity contribution in [3.63, 3.8) is 0 Å². The molecule has 108 valence electrons. The van der Waals surface area contributed by atoms with E-state index >= 15 is 0 Å². The molecule has 0 aliphatic carbocycles. The van der Waals surface area contributed by atoms with Crippen molar-refractivity contribution in [2.45, 2.75) is 32.0 Å². The van der Waals surface area contributed by atoms with Gasteiger partial charge in [0, 0.05) is 56.0 Å². The van der Waals surface area contributed by atoms with E-state index in [1.807, 2.05) is 37.6 Å². The summed E-state index contributed by atoms with van der Waals surface area (Å²) in [7, 11) is 0. The van der Waals surface area contributed by atoms with E-state index in [9.17, 15) is 0 Å². The Bertz CT molecular complexity index is 618. The molecule has 2 aromatic heterocycles. The molecule has 0 spiro atoms. The van der Waals surface area contributed by atoms with Gasteiger partial charge >= 0.3 is 0 Å². The first-order chi connectivity index (χ1) is 10.3. The van der Waals surface area contributed by atoms with Crippen molar-refractivity contribution in [1.29, 1.82) is 0 Å². The second-order valence-corrected chi connectivity index (χ2v) is 5.98. The Morgan fingerprint density at radius 1 is 1.19 bits per heavy atom. The summed E-state index contributed by atoms with van der Waals surface area (Å²) in [5.41, 5.74) is 2.33. The average Bonchev–Trinajstić information content (AvgIpc) is 2.54. The second-order valence-electron chi connectivity index (χ2n) is 5.98. The predicted molar refractivity (Wildman–Crippen MR) is 81.0 cm³/mol. The molecule has 5 heterocycles. The zero-order valence-corrected chi connectivity index (χ0v) is 12.2. The van der Waals surface area contributed by atoms with Gasteiger partial charge in [-0.05, 0) is 31.0 Å². The molecule has 0 N–H and O–H groups in total. The van der Waals surface area contributed by atoms with E-state index in [4.69, 9.17) is 0 Å². The van der Waals surface area contributed by atoms with Gasteiger partial charge in [-0.25, -0.2) is 9.97 Å². The normalized spacial score (nSPS) is 24.7. The van der Waals surface area contributed by atoms with Crippen LogP contribution in [-0.4, -0.2) is 45.0 Å². The predicted octanol–water partition coefficient (Wildman–Crippen LogP) is 1.64. The van der Waals surface area contributed by atoms with Gasteiger partial charge in [0.25, 0.3) is 0 Å². The van der Waals surface area contributed by atoms with Crippen LogP contribution in [0.1, 0.15) is 17.7 Å². The lowest BCUT2D eigenvalue weighted by atomic mass is 9.87. The lowest BCUT2D eigenvalue weighted by Crippen LogP contribution is -2.68. The Morgan fingerprint density at radius 2 is 2.05 bits per heavy atom. The van der Waals surface area contributed by atoms with E-state index in [0.29, 0.717) is 12.1 Å². The van der Waals surface area contributed by atoms with Crippen LogP contribution < -0.4 is 4.90 Å². The summed E-state index contributed by atoms with van der Waals surface area (Å²) >= 11 is 0. The molecule has 5 rings (SSSR count). The lowest BCUT2D eigenvalue weighted by molar-refractivity contribution is -0.00904. The largest absolute Gasteiger partial charge is 0.338 e. The van der Waals surface area contributed by atoms with Crippen LogP contribution in [0, 0.1) is 6.92 Å². The first-order valence-corrected chi connectivity index (χ1v) is 7.49. The third kappa shape index (κ3) is 2.38. The summed E-state index contributed by atoms with van der Waals surface area (Å²) in [5, 5.41) is 0. The molecule has 0 saturated carbocycles. The number of pyridine rings is 1. The van der Waals surface area contributed by atoms with Crippen LogP contribution in [-0.2, 0) is 6.54 Å². The number of piperazine rings is 1. The Labute approximate surface area is 124 Å². The maximum absolute atomic E-state index is 4.55. The fourth-order valence-electron chi connectivity index (χ4n) is 3.40.